The minimum atomic E-state index is -0.334. The molecule has 1 N–H and O–H groups in total. The van der Waals surface area contributed by atoms with Crippen LogP contribution in [0.3, 0.4) is 0 Å². The molecule has 0 unspecified atom stereocenters. The lowest BCUT2D eigenvalue weighted by Gasteiger charge is -2.08. The molecular weight excluding hydrogens is 423 g/mol. The number of carbonyl (C=O) groups excluding carboxylic acids is 1. The quantitative estimate of drug-likeness (QED) is 0.442. The molecule has 1 aromatic heterocycles. The third kappa shape index (κ3) is 4.56. The van der Waals surface area contributed by atoms with Crippen LogP contribution in [0.2, 0.25) is 10.0 Å². The summed E-state index contributed by atoms with van der Waals surface area (Å²) in [5.74, 6) is -0.334. The highest BCUT2D eigenvalue weighted by atomic mass is 35.5. The Morgan fingerprint density at radius 1 is 1.17 bits per heavy atom. The van der Waals surface area contributed by atoms with Crippen molar-refractivity contribution in [2.75, 3.05) is 14.2 Å². The Morgan fingerprint density at radius 3 is 2.60 bits per heavy atom. The van der Waals surface area contributed by atoms with Crippen molar-refractivity contribution in [3.63, 3.8) is 0 Å². The van der Waals surface area contributed by atoms with Gasteiger partial charge in [-0.05, 0) is 30.7 Å². The van der Waals surface area contributed by atoms with E-state index >= 15 is 0 Å². The van der Waals surface area contributed by atoms with E-state index in [1.165, 1.54) is 7.11 Å². The number of halogens is 2. The topological polar surface area (TPSA) is 68.5 Å². The molecule has 1 amide bonds. The Labute approximate surface area is 184 Å². The van der Waals surface area contributed by atoms with Crippen LogP contribution < -0.4 is 5.32 Å². The summed E-state index contributed by atoms with van der Waals surface area (Å²) in [6.45, 7) is 1.95. The van der Waals surface area contributed by atoms with Crippen molar-refractivity contribution >= 4 is 47.0 Å². The smallest absolute Gasteiger partial charge is 0.273 e. The standard InChI is InChI=1S/C22H20Cl2N4O2/c1-14-16(13-26-28(14)20-11-10-17(23)12-19(20)24)9-8-15-6-4-5-7-18(15)21(27-30-3)22(29)25-2/h4-13H,1-3H3,(H,25,29)/b9-8+,27-21+. The van der Waals surface area contributed by atoms with Gasteiger partial charge in [-0.15, -0.1) is 0 Å². The zero-order valence-corrected chi connectivity index (χ0v) is 18.2. The van der Waals surface area contributed by atoms with Crippen LogP contribution in [0.25, 0.3) is 17.8 Å². The van der Waals surface area contributed by atoms with Crippen molar-refractivity contribution in [2.24, 2.45) is 5.16 Å². The fourth-order valence-corrected chi connectivity index (χ4v) is 3.43. The van der Waals surface area contributed by atoms with Crippen LogP contribution in [0.15, 0.2) is 53.8 Å². The molecule has 0 radical (unpaired) electrons. The molecule has 0 aliphatic rings. The van der Waals surface area contributed by atoms with Gasteiger partial charge in [0.15, 0.2) is 5.71 Å². The summed E-state index contributed by atoms with van der Waals surface area (Å²) in [6.07, 6.45) is 5.58. The molecule has 0 saturated heterocycles. The number of aromatic nitrogens is 2. The number of hydrogen-bond donors (Lipinski definition) is 1. The molecule has 1 heterocycles. The van der Waals surface area contributed by atoms with Gasteiger partial charge in [0.05, 0.1) is 16.9 Å². The van der Waals surface area contributed by atoms with Gasteiger partial charge in [-0.3, -0.25) is 4.79 Å². The number of benzene rings is 2. The van der Waals surface area contributed by atoms with E-state index in [2.05, 4.69) is 15.6 Å². The Kier molecular flexibility index (Phi) is 6.92. The minimum absolute atomic E-state index is 0.195. The van der Waals surface area contributed by atoms with Gasteiger partial charge in [-0.1, -0.05) is 64.8 Å². The lowest BCUT2D eigenvalue weighted by Crippen LogP contribution is -2.29. The maximum Gasteiger partial charge on any atom is 0.273 e. The molecule has 0 fully saturated rings. The number of nitrogens with one attached hydrogen (secondary N) is 1. The SMILES string of the molecule is CNC(=O)/C(=N/OC)c1ccccc1/C=C/c1cnn(-c2ccc(Cl)cc2Cl)c1C. The summed E-state index contributed by atoms with van der Waals surface area (Å²) in [4.78, 5) is 17.1. The summed E-state index contributed by atoms with van der Waals surface area (Å²) in [7, 11) is 2.95. The first-order valence-corrected chi connectivity index (χ1v) is 9.82. The molecule has 154 valence electrons. The number of rotatable bonds is 6. The highest BCUT2D eigenvalue weighted by Crippen LogP contribution is 2.26. The predicted molar refractivity (Wildman–Crippen MR) is 121 cm³/mol. The van der Waals surface area contributed by atoms with Gasteiger partial charge in [0.1, 0.15) is 7.11 Å². The van der Waals surface area contributed by atoms with Crippen LogP contribution in [-0.2, 0) is 9.63 Å². The largest absolute Gasteiger partial charge is 0.398 e. The van der Waals surface area contributed by atoms with Gasteiger partial charge in [-0.25, -0.2) is 4.68 Å². The van der Waals surface area contributed by atoms with Gasteiger partial charge >= 0.3 is 0 Å². The lowest BCUT2D eigenvalue weighted by molar-refractivity contribution is -0.114. The van der Waals surface area contributed by atoms with Crippen molar-refractivity contribution in [3.05, 3.63) is 81.1 Å². The van der Waals surface area contributed by atoms with E-state index in [9.17, 15) is 4.79 Å². The van der Waals surface area contributed by atoms with E-state index in [0.29, 0.717) is 15.6 Å². The molecule has 0 spiro atoms. The van der Waals surface area contributed by atoms with Crippen molar-refractivity contribution in [3.8, 4) is 5.69 Å². The summed E-state index contributed by atoms with van der Waals surface area (Å²) in [6, 6.07) is 12.7. The van der Waals surface area contributed by atoms with E-state index in [1.54, 1.807) is 30.1 Å². The zero-order chi connectivity index (χ0) is 21.7. The second-order valence-electron chi connectivity index (χ2n) is 6.32. The normalized spacial score (nSPS) is 11.7. The van der Waals surface area contributed by atoms with Gasteiger partial charge in [0, 0.05) is 28.9 Å². The molecule has 0 aliphatic carbocycles. The number of amides is 1. The first-order valence-electron chi connectivity index (χ1n) is 9.07. The van der Waals surface area contributed by atoms with Gasteiger partial charge < -0.3 is 10.2 Å². The van der Waals surface area contributed by atoms with Crippen molar-refractivity contribution < 1.29 is 9.63 Å². The molecule has 6 nitrogen and oxygen atoms in total. The third-order valence-corrected chi connectivity index (χ3v) is 5.01. The Balaban J connectivity index is 1.97. The molecule has 0 aliphatic heterocycles. The molecular formula is C22H20Cl2N4O2. The van der Waals surface area contributed by atoms with E-state index in [1.807, 2.05) is 49.4 Å². The van der Waals surface area contributed by atoms with E-state index in [0.717, 1.165) is 22.5 Å². The van der Waals surface area contributed by atoms with Gasteiger partial charge in [0.25, 0.3) is 5.91 Å². The second-order valence-corrected chi connectivity index (χ2v) is 7.16. The molecule has 30 heavy (non-hydrogen) atoms. The minimum Gasteiger partial charge on any atom is -0.398 e. The molecule has 3 aromatic rings. The van der Waals surface area contributed by atoms with E-state index in [4.69, 9.17) is 28.0 Å². The molecule has 0 bridgehead atoms. The van der Waals surface area contributed by atoms with Crippen LogP contribution in [0.1, 0.15) is 22.4 Å². The zero-order valence-electron chi connectivity index (χ0n) is 16.7. The molecule has 8 heteroatoms. The second kappa shape index (κ2) is 9.61. The molecule has 2 aromatic carbocycles. The van der Waals surface area contributed by atoms with Crippen LogP contribution in [0, 0.1) is 6.92 Å². The summed E-state index contributed by atoms with van der Waals surface area (Å²) in [5.41, 5.74) is 4.22. The average molecular weight is 443 g/mol. The monoisotopic (exact) mass is 442 g/mol. The third-order valence-electron chi connectivity index (χ3n) is 4.47. The molecule has 0 atom stereocenters. The fourth-order valence-electron chi connectivity index (χ4n) is 2.94. The first kappa shape index (κ1) is 21.6. The van der Waals surface area contributed by atoms with Crippen molar-refractivity contribution in [2.45, 2.75) is 6.92 Å². The average Bonchev–Trinajstić information content (AvgIpc) is 3.10. The van der Waals surface area contributed by atoms with E-state index in [-0.39, 0.29) is 11.6 Å². The summed E-state index contributed by atoms with van der Waals surface area (Å²) < 4.78 is 1.76. The van der Waals surface area contributed by atoms with Gasteiger partial charge in [0.2, 0.25) is 0 Å². The number of nitrogens with zero attached hydrogens (tertiary/aromatic N) is 3. The molecule has 0 saturated carbocycles. The maximum atomic E-state index is 12.2. The van der Waals surface area contributed by atoms with Crippen LogP contribution >= 0.6 is 23.2 Å². The lowest BCUT2D eigenvalue weighted by atomic mass is 10.0. The van der Waals surface area contributed by atoms with E-state index < -0.39 is 0 Å². The van der Waals surface area contributed by atoms with Crippen molar-refractivity contribution in [1.29, 1.82) is 0 Å². The van der Waals surface area contributed by atoms with Crippen LogP contribution in [-0.4, -0.2) is 35.6 Å². The summed E-state index contributed by atoms with van der Waals surface area (Å²) >= 11 is 12.3. The fraction of sp³-hybridized carbons (Fsp3) is 0.136. The number of oxime groups is 1. The Morgan fingerprint density at radius 2 is 1.90 bits per heavy atom. The predicted octanol–water partition coefficient (Wildman–Crippen LogP) is 4.75. The number of likely N-dealkylation sites (N-methyl/N-ethyl adjacent to an activating group) is 1. The highest BCUT2D eigenvalue weighted by molar-refractivity contribution is 6.45. The summed E-state index contributed by atoms with van der Waals surface area (Å²) in [5, 5.41) is 12.0. The van der Waals surface area contributed by atoms with Crippen LogP contribution in [0.4, 0.5) is 0 Å². The van der Waals surface area contributed by atoms with Gasteiger partial charge in [-0.2, -0.15) is 5.10 Å². The number of carbonyl (C=O) groups is 1. The Bertz CT molecular complexity index is 1140. The number of hydrogen-bond acceptors (Lipinski definition) is 4. The maximum absolute atomic E-state index is 12.2. The van der Waals surface area contributed by atoms with Crippen molar-refractivity contribution in [1.82, 2.24) is 15.1 Å². The van der Waals surface area contributed by atoms with Crippen LogP contribution in [0.5, 0.6) is 0 Å². The molecule has 3 rings (SSSR count). The highest BCUT2D eigenvalue weighted by Gasteiger charge is 2.16. The Hall–Kier alpha value is -3.09. The first-order chi connectivity index (χ1) is 14.5.